The molecule has 0 spiro atoms. The number of halogens is 1. The van der Waals surface area contributed by atoms with Crippen molar-refractivity contribution in [1.29, 1.82) is 0 Å². The zero-order valence-corrected chi connectivity index (χ0v) is 12.2. The Labute approximate surface area is 113 Å². The van der Waals surface area contributed by atoms with Gasteiger partial charge >= 0.3 is 0 Å². The summed E-state index contributed by atoms with van der Waals surface area (Å²) in [6, 6.07) is 0. The van der Waals surface area contributed by atoms with Crippen LogP contribution in [0.2, 0.25) is 0 Å². The lowest BCUT2D eigenvalue weighted by Gasteiger charge is -2.07. The number of sulfone groups is 1. The normalized spacial score (nSPS) is 11.9. The summed E-state index contributed by atoms with van der Waals surface area (Å²) in [5.41, 5.74) is 0.673. The van der Waals surface area contributed by atoms with E-state index < -0.39 is 9.84 Å². The number of imidazole rings is 1. The quantitative estimate of drug-likeness (QED) is 0.894. The van der Waals surface area contributed by atoms with Crippen LogP contribution in [0.15, 0.2) is 23.2 Å². The van der Waals surface area contributed by atoms with Crippen LogP contribution in [0.1, 0.15) is 6.92 Å². The molecule has 8 heteroatoms. The highest BCUT2D eigenvalue weighted by atomic mass is 79.9. The van der Waals surface area contributed by atoms with E-state index in [0.717, 1.165) is 0 Å². The largest absolute Gasteiger partial charge is 0.366 e. The Hall–Kier alpha value is -1.15. The summed E-state index contributed by atoms with van der Waals surface area (Å²) in [6.45, 7) is 1.96. The molecule has 0 saturated carbocycles. The summed E-state index contributed by atoms with van der Waals surface area (Å²) in [6.07, 6.45) is 5.25. The van der Waals surface area contributed by atoms with Gasteiger partial charge in [-0.2, -0.15) is 0 Å². The fourth-order valence-electron chi connectivity index (χ4n) is 1.49. The molecule has 0 unspecified atom stereocenters. The minimum Gasteiger partial charge on any atom is -0.366 e. The van der Waals surface area contributed by atoms with Gasteiger partial charge in [0.2, 0.25) is 0 Å². The molecule has 1 N–H and O–H groups in total. The number of anilines is 1. The van der Waals surface area contributed by atoms with Gasteiger partial charge in [-0.25, -0.2) is 18.4 Å². The Bertz CT molecular complexity index is 653. The van der Waals surface area contributed by atoms with Crippen molar-refractivity contribution in [3.63, 3.8) is 0 Å². The van der Waals surface area contributed by atoms with Gasteiger partial charge in [0, 0.05) is 30.9 Å². The second-order valence-electron chi connectivity index (χ2n) is 3.73. The third-order valence-electron chi connectivity index (χ3n) is 2.49. The maximum atomic E-state index is 11.4. The van der Waals surface area contributed by atoms with Crippen LogP contribution in [0.3, 0.4) is 0 Å². The van der Waals surface area contributed by atoms with Crippen molar-refractivity contribution in [2.75, 3.05) is 23.4 Å². The summed E-state index contributed by atoms with van der Waals surface area (Å²) in [5.74, 6) is 0.810. The standard InChI is InChI=1S/C10H13BrN4O2S/c1-2-18(16,17)6-4-12-9-10-13-3-5-15(10)7-8(11)14-9/h3,5,7H,2,4,6H2,1H3,(H,12,14). The van der Waals surface area contributed by atoms with E-state index in [1.54, 1.807) is 25.5 Å². The van der Waals surface area contributed by atoms with Crippen LogP contribution < -0.4 is 5.32 Å². The molecule has 0 amide bonds. The molecule has 2 aromatic heterocycles. The average molecular weight is 333 g/mol. The first-order valence-electron chi connectivity index (χ1n) is 5.45. The van der Waals surface area contributed by atoms with Gasteiger partial charge in [-0.3, -0.25) is 0 Å². The molecule has 0 radical (unpaired) electrons. The lowest BCUT2D eigenvalue weighted by Crippen LogP contribution is -2.18. The molecule has 0 aliphatic carbocycles. The molecule has 0 saturated heterocycles. The highest BCUT2D eigenvalue weighted by Crippen LogP contribution is 2.16. The molecule has 0 aliphatic rings. The van der Waals surface area contributed by atoms with Gasteiger partial charge in [0.25, 0.3) is 0 Å². The SMILES string of the molecule is CCS(=O)(=O)CCNc1nc(Br)cn2ccnc12. The van der Waals surface area contributed by atoms with E-state index in [1.165, 1.54) is 0 Å². The predicted molar refractivity (Wildman–Crippen MR) is 73.5 cm³/mol. The Morgan fingerprint density at radius 2 is 2.28 bits per heavy atom. The molecule has 2 heterocycles. The smallest absolute Gasteiger partial charge is 0.180 e. The van der Waals surface area contributed by atoms with Gasteiger partial charge in [-0.05, 0) is 15.9 Å². The Morgan fingerprint density at radius 1 is 1.50 bits per heavy atom. The fraction of sp³-hybridized carbons (Fsp3) is 0.400. The number of rotatable bonds is 5. The molecule has 6 nitrogen and oxygen atoms in total. The van der Waals surface area contributed by atoms with Crippen LogP contribution in [0.25, 0.3) is 5.65 Å². The minimum atomic E-state index is -2.97. The van der Waals surface area contributed by atoms with E-state index in [-0.39, 0.29) is 11.5 Å². The summed E-state index contributed by atoms with van der Waals surface area (Å²) in [5, 5.41) is 3.00. The predicted octanol–water partition coefficient (Wildman–Crippen LogP) is 1.34. The first kappa shape index (κ1) is 13.3. The molecule has 18 heavy (non-hydrogen) atoms. The molecule has 0 bridgehead atoms. The van der Waals surface area contributed by atoms with Crippen LogP contribution in [0.5, 0.6) is 0 Å². The molecule has 0 aromatic carbocycles. The van der Waals surface area contributed by atoms with Gasteiger partial charge in [0.15, 0.2) is 21.3 Å². The molecule has 98 valence electrons. The van der Waals surface area contributed by atoms with Crippen molar-refractivity contribution in [2.24, 2.45) is 0 Å². The summed E-state index contributed by atoms with van der Waals surface area (Å²) < 4.78 is 25.2. The highest BCUT2D eigenvalue weighted by Gasteiger charge is 2.09. The average Bonchev–Trinajstić information content (AvgIpc) is 2.76. The van der Waals surface area contributed by atoms with Gasteiger partial charge in [-0.1, -0.05) is 6.92 Å². The van der Waals surface area contributed by atoms with Gasteiger partial charge in [0.1, 0.15) is 4.60 Å². The van der Waals surface area contributed by atoms with Crippen LogP contribution in [0, 0.1) is 0 Å². The number of hydrogen-bond acceptors (Lipinski definition) is 5. The summed E-state index contributed by atoms with van der Waals surface area (Å²) in [7, 11) is -2.97. The summed E-state index contributed by atoms with van der Waals surface area (Å²) >= 11 is 3.30. The lowest BCUT2D eigenvalue weighted by atomic mass is 10.5. The minimum absolute atomic E-state index is 0.0879. The molecular weight excluding hydrogens is 320 g/mol. The highest BCUT2D eigenvalue weighted by molar-refractivity contribution is 9.10. The van der Waals surface area contributed by atoms with Crippen molar-refractivity contribution < 1.29 is 8.42 Å². The van der Waals surface area contributed by atoms with Crippen LogP contribution in [-0.4, -0.2) is 40.8 Å². The zero-order valence-electron chi connectivity index (χ0n) is 9.80. The Kier molecular flexibility index (Phi) is 3.86. The first-order valence-corrected chi connectivity index (χ1v) is 8.07. The van der Waals surface area contributed by atoms with E-state index >= 15 is 0 Å². The molecule has 0 aliphatic heterocycles. The molecule has 2 rings (SSSR count). The number of hydrogen-bond donors (Lipinski definition) is 1. The third kappa shape index (κ3) is 2.99. The Balaban J connectivity index is 2.14. The topological polar surface area (TPSA) is 76.4 Å². The number of fused-ring (bicyclic) bond motifs is 1. The van der Waals surface area contributed by atoms with Crippen LogP contribution in [-0.2, 0) is 9.84 Å². The second kappa shape index (κ2) is 5.23. The van der Waals surface area contributed by atoms with E-state index in [0.29, 0.717) is 22.6 Å². The zero-order chi connectivity index (χ0) is 13.2. The first-order chi connectivity index (χ1) is 8.52. The third-order valence-corrected chi connectivity index (χ3v) is 4.58. The molecular formula is C10H13BrN4O2S. The van der Waals surface area contributed by atoms with Gasteiger partial charge in [-0.15, -0.1) is 0 Å². The van der Waals surface area contributed by atoms with Crippen molar-refractivity contribution in [1.82, 2.24) is 14.4 Å². The summed E-state index contributed by atoms with van der Waals surface area (Å²) in [4.78, 5) is 8.41. The number of aromatic nitrogens is 3. The van der Waals surface area contributed by atoms with Crippen molar-refractivity contribution in [3.05, 3.63) is 23.2 Å². The van der Waals surface area contributed by atoms with E-state index in [1.807, 2.05) is 4.40 Å². The van der Waals surface area contributed by atoms with E-state index in [4.69, 9.17) is 0 Å². The van der Waals surface area contributed by atoms with Crippen molar-refractivity contribution >= 4 is 37.2 Å². The van der Waals surface area contributed by atoms with Crippen molar-refractivity contribution in [2.45, 2.75) is 6.92 Å². The molecule has 2 aromatic rings. The van der Waals surface area contributed by atoms with Crippen LogP contribution >= 0.6 is 15.9 Å². The molecule has 0 atom stereocenters. The lowest BCUT2D eigenvalue weighted by molar-refractivity contribution is 0.597. The van der Waals surface area contributed by atoms with E-state index in [2.05, 4.69) is 31.2 Å². The van der Waals surface area contributed by atoms with Crippen molar-refractivity contribution in [3.8, 4) is 0 Å². The Morgan fingerprint density at radius 3 is 3.00 bits per heavy atom. The maximum absolute atomic E-state index is 11.4. The maximum Gasteiger partial charge on any atom is 0.180 e. The number of nitrogens with one attached hydrogen (secondary N) is 1. The fourth-order valence-corrected chi connectivity index (χ4v) is 2.59. The monoisotopic (exact) mass is 332 g/mol. The second-order valence-corrected chi connectivity index (χ2v) is 7.02. The number of nitrogens with zero attached hydrogens (tertiary/aromatic N) is 3. The van der Waals surface area contributed by atoms with Gasteiger partial charge in [0.05, 0.1) is 5.75 Å². The molecule has 0 fully saturated rings. The van der Waals surface area contributed by atoms with Gasteiger partial charge < -0.3 is 9.72 Å². The van der Waals surface area contributed by atoms with Crippen LogP contribution in [0.4, 0.5) is 5.82 Å². The van der Waals surface area contributed by atoms with E-state index in [9.17, 15) is 8.42 Å².